The highest BCUT2D eigenvalue weighted by molar-refractivity contribution is 7.17. The van der Waals surface area contributed by atoms with Crippen molar-refractivity contribution in [3.05, 3.63) is 35.2 Å². The molecule has 0 amide bonds. The molecule has 19 heavy (non-hydrogen) atoms. The van der Waals surface area contributed by atoms with Crippen molar-refractivity contribution in [1.29, 1.82) is 0 Å². The highest BCUT2D eigenvalue weighted by Crippen LogP contribution is 2.25. The molecule has 0 aliphatic rings. The first-order valence-electron chi connectivity index (χ1n) is 6.64. The minimum atomic E-state index is 0.675. The van der Waals surface area contributed by atoms with Crippen LogP contribution in [0, 0.1) is 0 Å². The van der Waals surface area contributed by atoms with Gasteiger partial charge < -0.3 is 14.8 Å². The Kier molecular flexibility index (Phi) is 6.30. The molecule has 0 unspecified atom stereocenters. The lowest BCUT2D eigenvalue weighted by Crippen LogP contribution is -2.16. The molecule has 3 nitrogen and oxygen atoms in total. The van der Waals surface area contributed by atoms with Crippen LogP contribution in [0.2, 0.25) is 0 Å². The lowest BCUT2D eigenvalue weighted by atomic mass is 10.2. The van der Waals surface area contributed by atoms with E-state index >= 15 is 0 Å². The Morgan fingerprint density at radius 3 is 2.95 bits per heavy atom. The Labute approximate surface area is 118 Å². The molecule has 104 valence electrons. The minimum Gasteiger partial charge on any atom is -0.382 e. The molecule has 1 N–H and O–H groups in total. The number of fused-ring (bicyclic) bond motifs is 1. The van der Waals surface area contributed by atoms with Crippen LogP contribution < -0.4 is 5.32 Å². The third-order valence-electron chi connectivity index (χ3n) is 2.95. The number of benzene rings is 1. The van der Waals surface area contributed by atoms with Crippen LogP contribution in [0.15, 0.2) is 29.6 Å². The standard InChI is InChI=1S/C15H21NO2S/c1-17-9-10-18-8-4-7-16-11-13-12-19-15-6-3-2-5-14(13)15/h2-3,5-6,12,16H,4,7-11H2,1H3. The summed E-state index contributed by atoms with van der Waals surface area (Å²) in [5.74, 6) is 0. The Morgan fingerprint density at radius 1 is 1.16 bits per heavy atom. The van der Waals surface area contributed by atoms with Crippen molar-refractivity contribution in [2.24, 2.45) is 0 Å². The molecule has 4 heteroatoms. The van der Waals surface area contributed by atoms with E-state index in [9.17, 15) is 0 Å². The van der Waals surface area contributed by atoms with E-state index in [0.29, 0.717) is 13.2 Å². The zero-order valence-corrected chi connectivity index (χ0v) is 12.2. The summed E-state index contributed by atoms with van der Waals surface area (Å²) >= 11 is 1.81. The van der Waals surface area contributed by atoms with Crippen molar-refractivity contribution in [3.8, 4) is 0 Å². The Hall–Kier alpha value is -0.940. The molecule has 0 fully saturated rings. The number of rotatable bonds is 9. The molecule has 0 saturated heterocycles. The molecular weight excluding hydrogens is 258 g/mol. The molecule has 0 bridgehead atoms. The molecule has 0 aliphatic heterocycles. The molecule has 0 saturated carbocycles. The van der Waals surface area contributed by atoms with Gasteiger partial charge in [0.25, 0.3) is 0 Å². The second kappa shape index (κ2) is 8.27. The second-order valence-corrected chi connectivity index (χ2v) is 5.30. The zero-order chi connectivity index (χ0) is 13.3. The quantitative estimate of drug-likeness (QED) is 0.716. The maximum atomic E-state index is 5.42. The van der Waals surface area contributed by atoms with E-state index in [-0.39, 0.29) is 0 Å². The Morgan fingerprint density at radius 2 is 2.05 bits per heavy atom. The third-order valence-corrected chi connectivity index (χ3v) is 3.96. The minimum absolute atomic E-state index is 0.675. The summed E-state index contributed by atoms with van der Waals surface area (Å²) in [6.45, 7) is 4.07. The summed E-state index contributed by atoms with van der Waals surface area (Å²) in [6.07, 6.45) is 1.03. The molecule has 1 aromatic heterocycles. The lowest BCUT2D eigenvalue weighted by Gasteiger charge is -2.05. The summed E-state index contributed by atoms with van der Waals surface area (Å²) in [7, 11) is 1.69. The fourth-order valence-corrected chi connectivity index (χ4v) is 2.90. The van der Waals surface area contributed by atoms with Crippen LogP contribution in [0.5, 0.6) is 0 Å². The number of hydrogen-bond acceptors (Lipinski definition) is 4. The number of thiophene rings is 1. The number of hydrogen-bond donors (Lipinski definition) is 1. The molecule has 2 rings (SSSR count). The summed E-state index contributed by atoms with van der Waals surface area (Å²) in [6, 6.07) is 8.55. The largest absolute Gasteiger partial charge is 0.382 e. The SMILES string of the molecule is COCCOCCCNCc1csc2ccccc12. The molecule has 1 heterocycles. The highest BCUT2D eigenvalue weighted by atomic mass is 32.1. The first-order chi connectivity index (χ1) is 9.42. The van der Waals surface area contributed by atoms with Gasteiger partial charge in [-0.2, -0.15) is 0 Å². The van der Waals surface area contributed by atoms with Gasteiger partial charge in [-0.05, 0) is 35.4 Å². The van der Waals surface area contributed by atoms with Crippen LogP contribution in [0.4, 0.5) is 0 Å². The molecule has 0 aliphatic carbocycles. The van der Waals surface area contributed by atoms with Crippen LogP contribution >= 0.6 is 11.3 Å². The Bertz CT molecular complexity index is 484. The Balaban J connectivity index is 1.63. The number of methoxy groups -OCH3 is 1. The van der Waals surface area contributed by atoms with E-state index in [4.69, 9.17) is 9.47 Å². The van der Waals surface area contributed by atoms with Crippen LogP contribution in [0.1, 0.15) is 12.0 Å². The smallest absolute Gasteiger partial charge is 0.0700 e. The van der Waals surface area contributed by atoms with Gasteiger partial charge in [-0.3, -0.25) is 0 Å². The molecular formula is C15H21NO2S. The van der Waals surface area contributed by atoms with Gasteiger partial charge in [0.05, 0.1) is 13.2 Å². The van der Waals surface area contributed by atoms with Gasteiger partial charge in [0.2, 0.25) is 0 Å². The monoisotopic (exact) mass is 279 g/mol. The fourth-order valence-electron chi connectivity index (χ4n) is 1.94. The maximum absolute atomic E-state index is 5.42. The van der Waals surface area contributed by atoms with Gasteiger partial charge >= 0.3 is 0 Å². The van der Waals surface area contributed by atoms with Gasteiger partial charge in [-0.25, -0.2) is 0 Å². The highest BCUT2D eigenvalue weighted by Gasteiger charge is 2.02. The van der Waals surface area contributed by atoms with Gasteiger partial charge in [0.15, 0.2) is 0 Å². The summed E-state index contributed by atoms with van der Waals surface area (Å²) in [4.78, 5) is 0. The molecule has 1 aromatic carbocycles. The zero-order valence-electron chi connectivity index (χ0n) is 11.4. The first-order valence-corrected chi connectivity index (χ1v) is 7.52. The van der Waals surface area contributed by atoms with E-state index in [1.54, 1.807) is 7.11 Å². The maximum Gasteiger partial charge on any atom is 0.0700 e. The van der Waals surface area contributed by atoms with E-state index in [0.717, 1.165) is 26.1 Å². The number of ether oxygens (including phenoxy) is 2. The third kappa shape index (κ3) is 4.58. The van der Waals surface area contributed by atoms with Crippen molar-refractivity contribution in [3.63, 3.8) is 0 Å². The predicted octanol–water partition coefficient (Wildman–Crippen LogP) is 3.04. The molecule has 2 aromatic rings. The predicted molar refractivity (Wildman–Crippen MR) is 80.8 cm³/mol. The van der Waals surface area contributed by atoms with Gasteiger partial charge in [0.1, 0.15) is 0 Å². The van der Waals surface area contributed by atoms with Gasteiger partial charge in [-0.1, -0.05) is 18.2 Å². The van der Waals surface area contributed by atoms with Crippen molar-refractivity contribution in [2.75, 3.05) is 33.5 Å². The fraction of sp³-hybridized carbons (Fsp3) is 0.467. The van der Waals surface area contributed by atoms with Gasteiger partial charge in [0, 0.05) is 25.0 Å². The molecule has 0 atom stereocenters. The summed E-state index contributed by atoms with van der Waals surface area (Å²) in [5.41, 5.74) is 1.39. The van der Waals surface area contributed by atoms with E-state index in [1.807, 2.05) is 11.3 Å². The van der Waals surface area contributed by atoms with Crippen molar-refractivity contribution in [2.45, 2.75) is 13.0 Å². The average Bonchev–Trinajstić information content (AvgIpc) is 2.85. The normalized spacial score (nSPS) is 11.2. The summed E-state index contributed by atoms with van der Waals surface area (Å²) in [5, 5.41) is 7.08. The van der Waals surface area contributed by atoms with Crippen LogP contribution in [0.25, 0.3) is 10.1 Å². The topological polar surface area (TPSA) is 30.5 Å². The average molecular weight is 279 g/mol. The van der Waals surface area contributed by atoms with Crippen molar-refractivity contribution < 1.29 is 9.47 Å². The van der Waals surface area contributed by atoms with Crippen molar-refractivity contribution in [1.82, 2.24) is 5.32 Å². The first kappa shape index (κ1) is 14.5. The van der Waals surface area contributed by atoms with Crippen LogP contribution in [0.3, 0.4) is 0 Å². The van der Waals surface area contributed by atoms with Crippen LogP contribution in [-0.2, 0) is 16.0 Å². The molecule has 0 radical (unpaired) electrons. The van der Waals surface area contributed by atoms with Crippen molar-refractivity contribution >= 4 is 21.4 Å². The molecule has 0 spiro atoms. The lowest BCUT2D eigenvalue weighted by molar-refractivity contribution is 0.0695. The van der Waals surface area contributed by atoms with Crippen LogP contribution in [-0.4, -0.2) is 33.5 Å². The summed E-state index contributed by atoms with van der Waals surface area (Å²) < 4.78 is 11.7. The van der Waals surface area contributed by atoms with E-state index in [2.05, 4.69) is 35.0 Å². The number of nitrogens with one attached hydrogen (secondary N) is 1. The van der Waals surface area contributed by atoms with E-state index in [1.165, 1.54) is 15.6 Å². The second-order valence-electron chi connectivity index (χ2n) is 4.39. The van der Waals surface area contributed by atoms with Gasteiger partial charge in [-0.15, -0.1) is 11.3 Å². The van der Waals surface area contributed by atoms with E-state index < -0.39 is 0 Å².